The minimum atomic E-state index is -4.90. The van der Waals surface area contributed by atoms with Crippen LogP contribution in [0, 0.1) is 5.82 Å². The van der Waals surface area contributed by atoms with Gasteiger partial charge in [-0.1, -0.05) is 0 Å². The maximum absolute atomic E-state index is 13.5. The minimum Gasteiger partial charge on any atom is -0.481 e. The van der Waals surface area contributed by atoms with Crippen LogP contribution < -0.4 is 0 Å². The van der Waals surface area contributed by atoms with Gasteiger partial charge in [0, 0.05) is 13.1 Å². The van der Waals surface area contributed by atoms with E-state index < -0.39 is 41.5 Å². The summed E-state index contributed by atoms with van der Waals surface area (Å²) in [6, 6.07) is 4.16. The van der Waals surface area contributed by atoms with Crippen LogP contribution in [0.1, 0.15) is 29.4 Å². The summed E-state index contributed by atoms with van der Waals surface area (Å²) < 4.78 is 54.2. The molecule has 1 amide bonds. The number of nitrogens with zero attached hydrogens (tertiary/aromatic N) is 3. The van der Waals surface area contributed by atoms with Gasteiger partial charge in [0.05, 0.1) is 23.9 Å². The van der Waals surface area contributed by atoms with Crippen molar-refractivity contribution in [2.24, 2.45) is 0 Å². The summed E-state index contributed by atoms with van der Waals surface area (Å²) in [6.45, 7) is 1.33. The van der Waals surface area contributed by atoms with Crippen LogP contribution in [0.2, 0.25) is 0 Å². The maximum Gasteiger partial charge on any atom is 0.434 e. The number of carbonyl (C=O) groups is 2. The van der Waals surface area contributed by atoms with Crippen LogP contribution in [-0.4, -0.2) is 44.8 Å². The van der Waals surface area contributed by atoms with Gasteiger partial charge >= 0.3 is 12.1 Å². The molecule has 0 saturated heterocycles. The van der Waals surface area contributed by atoms with Crippen molar-refractivity contribution in [1.29, 1.82) is 0 Å². The van der Waals surface area contributed by atoms with Gasteiger partial charge in [-0.2, -0.15) is 18.3 Å². The molecule has 0 aliphatic rings. The topological polar surface area (TPSA) is 75.4 Å². The molecule has 0 unspecified atom stereocenters. The van der Waals surface area contributed by atoms with Gasteiger partial charge in [-0.05, 0) is 31.2 Å². The number of aromatic nitrogens is 2. The molecular formula is C16H15F4N3O3. The molecule has 26 heavy (non-hydrogen) atoms. The SMILES string of the molecule is CCN(CCC(=O)O)C(=O)c1cnn(-c2ccc(F)cc2)c1C(F)(F)F. The lowest BCUT2D eigenvalue weighted by Gasteiger charge is -2.20. The van der Waals surface area contributed by atoms with E-state index in [0.29, 0.717) is 4.68 Å². The van der Waals surface area contributed by atoms with Crippen LogP contribution in [-0.2, 0) is 11.0 Å². The summed E-state index contributed by atoms with van der Waals surface area (Å²) in [7, 11) is 0. The third-order valence-corrected chi connectivity index (χ3v) is 3.60. The monoisotopic (exact) mass is 373 g/mol. The number of carbonyl (C=O) groups excluding carboxylic acids is 1. The first-order valence-corrected chi connectivity index (χ1v) is 7.57. The van der Waals surface area contributed by atoms with Crippen molar-refractivity contribution in [2.75, 3.05) is 13.1 Å². The van der Waals surface area contributed by atoms with Crippen molar-refractivity contribution in [2.45, 2.75) is 19.5 Å². The van der Waals surface area contributed by atoms with Crippen molar-refractivity contribution in [1.82, 2.24) is 14.7 Å². The standard InChI is InChI=1S/C16H15F4N3O3/c1-2-22(8-7-13(24)25)15(26)12-9-21-23(14(12)16(18,19)20)11-5-3-10(17)4-6-11/h3-6,9H,2,7-8H2,1H3,(H,24,25). The second-order valence-electron chi connectivity index (χ2n) is 5.32. The van der Waals surface area contributed by atoms with E-state index in [9.17, 15) is 27.2 Å². The third-order valence-electron chi connectivity index (χ3n) is 3.60. The smallest absolute Gasteiger partial charge is 0.434 e. The zero-order valence-corrected chi connectivity index (χ0v) is 13.6. The summed E-state index contributed by atoms with van der Waals surface area (Å²) in [5, 5.41) is 12.3. The van der Waals surface area contributed by atoms with Gasteiger partial charge < -0.3 is 10.0 Å². The van der Waals surface area contributed by atoms with Crippen molar-refractivity contribution >= 4 is 11.9 Å². The van der Waals surface area contributed by atoms with E-state index in [-0.39, 0.29) is 18.8 Å². The fourth-order valence-electron chi connectivity index (χ4n) is 2.36. The fraction of sp³-hybridized carbons (Fsp3) is 0.312. The number of amides is 1. The van der Waals surface area contributed by atoms with Crippen LogP contribution in [0.3, 0.4) is 0 Å². The number of hydrogen-bond donors (Lipinski definition) is 1. The van der Waals surface area contributed by atoms with Gasteiger partial charge in [-0.3, -0.25) is 9.59 Å². The fourth-order valence-corrected chi connectivity index (χ4v) is 2.36. The highest BCUT2D eigenvalue weighted by Crippen LogP contribution is 2.34. The van der Waals surface area contributed by atoms with Gasteiger partial charge in [0.2, 0.25) is 0 Å². The highest BCUT2D eigenvalue weighted by atomic mass is 19.4. The molecule has 0 spiro atoms. The Kier molecular flexibility index (Phi) is 5.63. The van der Waals surface area contributed by atoms with Crippen molar-refractivity contribution < 1.29 is 32.3 Å². The maximum atomic E-state index is 13.5. The molecule has 0 aliphatic carbocycles. The van der Waals surface area contributed by atoms with E-state index >= 15 is 0 Å². The summed E-state index contributed by atoms with van der Waals surface area (Å²) in [5.74, 6) is -2.78. The van der Waals surface area contributed by atoms with Crippen LogP contribution >= 0.6 is 0 Å². The first kappa shape index (κ1) is 19.4. The quantitative estimate of drug-likeness (QED) is 0.790. The summed E-state index contributed by atoms with van der Waals surface area (Å²) in [4.78, 5) is 24.1. The summed E-state index contributed by atoms with van der Waals surface area (Å²) in [6.07, 6.45) is -4.52. The highest BCUT2D eigenvalue weighted by Gasteiger charge is 2.41. The Bertz CT molecular complexity index is 800. The molecular weight excluding hydrogens is 358 g/mol. The molecule has 0 fully saturated rings. The molecule has 0 saturated carbocycles. The number of carboxylic acids is 1. The molecule has 1 heterocycles. The second kappa shape index (κ2) is 7.54. The summed E-state index contributed by atoms with van der Waals surface area (Å²) >= 11 is 0. The van der Waals surface area contributed by atoms with Gasteiger partial charge in [0.25, 0.3) is 5.91 Å². The van der Waals surface area contributed by atoms with E-state index in [1.54, 1.807) is 0 Å². The Balaban J connectivity index is 2.47. The zero-order valence-electron chi connectivity index (χ0n) is 13.6. The van der Waals surface area contributed by atoms with Gasteiger partial charge in [0.1, 0.15) is 5.82 Å². The largest absolute Gasteiger partial charge is 0.481 e. The molecule has 6 nitrogen and oxygen atoms in total. The Hall–Kier alpha value is -2.91. The molecule has 1 aromatic carbocycles. The number of alkyl halides is 3. The van der Waals surface area contributed by atoms with E-state index in [4.69, 9.17) is 5.11 Å². The Morgan fingerprint density at radius 1 is 1.23 bits per heavy atom. The number of benzene rings is 1. The molecule has 1 aromatic heterocycles. The van der Waals surface area contributed by atoms with Crippen molar-refractivity contribution in [3.8, 4) is 5.69 Å². The minimum absolute atomic E-state index is 0.0329. The van der Waals surface area contributed by atoms with Gasteiger partial charge in [-0.15, -0.1) is 0 Å². The normalized spacial score (nSPS) is 11.4. The van der Waals surface area contributed by atoms with Gasteiger partial charge in [-0.25, -0.2) is 9.07 Å². The Morgan fingerprint density at radius 2 is 1.85 bits per heavy atom. The molecule has 2 aromatic rings. The number of carboxylic acid groups (broad SMARTS) is 1. The van der Waals surface area contributed by atoms with Crippen LogP contribution in [0.4, 0.5) is 17.6 Å². The lowest BCUT2D eigenvalue weighted by molar-refractivity contribution is -0.143. The highest BCUT2D eigenvalue weighted by molar-refractivity contribution is 5.95. The van der Waals surface area contributed by atoms with E-state index in [2.05, 4.69) is 5.10 Å². The third kappa shape index (κ3) is 4.19. The second-order valence-corrected chi connectivity index (χ2v) is 5.32. The number of rotatable bonds is 6. The van der Waals surface area contributed by atoms with Crippen LogP contribution in [0.25, 0.3) is 5.69 Å². The average molecular weight is 373 g/mol. The van der Waals surface area contributed by atoms with Crippen LogP contribution in [0.15, 0.2) is 30.5 Å². The average Bonchev–Trinajstić information content (AvgIpc) is 3.01. The molecule has 10 heteroatoms. The molecule has 0 bridgehead atoms. The van der Waals surface area contributed by atoms with E-state index in [0.717, 1.165) is 35.4 Å². The molecule has 2 rings (SSSR count). The number of halogens is 4. The molecule has 140 valence electrons. The van der Waals surface area contributed by atoms with E-state index in [1.165, 1.54) is 6.92 Å². The molecule has 1 N–H and O–H groups in total. The van der Waals surface area contributed by atoms with Crippen LogP contribution in [0.5, 0.6) is 0 Å². The first-order chi connectivity index (χ1) is 12.1. The Labute approximate surface area is 145 Å². The van der Waals surface area contributed by atoms with Crippen molar-refractivity contribution in [3.05, 3.63) is 47.5 Å². The molecule has 0 atom stereocenters. The first-order valence-electron chi connectivity index (χ1n) is 7.57. The lowest BCUT2D eigenvalue weighted by atomic mass is 10.2. The molecule has 0 aliphatic heterocycles. The predicted molar refractivity (Wildman–Crippen MR) is 82.4 cm³/mol. The van der Waals surface area contributed by atoms with E-state index in [1.807, 2.05) is 0 Å². The number of hydrogen-bond acceptors (Lipinski definition) is 3. The van der Waals surface area contributed by atoms with Crippen molar-refractivity contribution in [3.63, 3.8) is 0 Å². The number of aliphatic carboxylic acids is 1. The zero-order chi connectivity index (χ0) is 19.5. The lowest BCUT2D eigenvalue weighted by Crippen LogP contribution is -2.34. The summed E-state index contributed by atoms with van der Waals surface area (Å²) in [5.41, 5.74) is -2.07. The van der Waals surface area contributed by atoms with Gasteiger partial charge in [0.15, 0.2) is 5.69 Å². The molecule has 0 radical (unpaired) electrons. The Morgan fingerprint density at radius 3 is 2.35 bits per heavy atom. The predicted octanol–water partition coefficient (Wildman–Crippen LogP) is 2.97.